The number of benzene rings is 1. The van der Waals surface area contributed by atoms with Gasteiger partial charge in [-0.05, 0) is 73.6 Å². The van der Waals surface area contributed by atoms with Gasteiger partial charge >= 0.3 is 0 Å². The molecule has 0 atom stereocenters. The van der Waals surface area contributed by atoms with Crippen LogP contribution in [0.1, 0.15) is 44.1 Å². The van der Waals surface area contributed by atoms with E-state index in [1.54, 1.807) is 0 Å². The summed E-state index contributed by atoms with van der Waals surface area (Å²) in [5.74, 6) is 0. The Morgan fingerprint density at radius 2 is 1.47 bits per heavy atom. The van der Waals surface area contributed by atoms with Crippen molar-refractivity contribution in [3.63, 3.8) is 0 Å². The van der Waals surface area contributed by atoms with Gasteiger partial charge in [0.25, 0.3) is 0 Å². The molecular weight excluding hydrogens is 230 g/mol. The lowest BCUT2D eigenvalue weighted by Crippen LogP contribution is -2.47. The van der Waals surface area contributed by atoms with Crippen LogP contribution in [0.25, 0.3) is 0 Å². The van der Waals surface area contributed by atoms with Gasteiger partial charge in [-0.15, -0.1) is 0 Å². The fraction of sp³-hybridized carbons (Fsp3) is 0.600. The third-order valence-electron chi connectivity index (χ3n) is 5.29. The fourth-order valence-corrected chi connectivity index (χ4v) is 3.93. The predicted octanol–water partition coefficient (Wildman–Crippen LogP) is 3.89. The van der Waals surface area contributed by atoms with Crippen LogP contribution >= 0.6 is 11.6 Å². The SMILES string of the molecule is NCC12CCC(c3ccc(Cl)cc3)(CC1)CC2. The molecule has 4 rings (SSSR count). The molecule has 2 bridgehead atoms. The lowest BCUT2D eigenvalue weighted by Gasteiger charge is -2.53. The molecule has 3 aliphatic carbocycles. The van der Waals surface area contributed by atoms with E-state index >= 15 is 0 Å². The largest absolute Gasteiger partial charge is 0.330 e. The molecule has 17 heavy (non-hydrogen) atoms. The van der Waals surface area contributed by atoms with E-state index in [0.29, 0.717) is 10.8 Å². The summed E-state index contributed by atoms with van der Waals surface area (Å²) in [5.41, 5.74) is 8.36. The van der Waals surface area contributed by atoms with Gasteiger partial charge in [-0.3, -0.25) is 0 Å². The number of fused-ring (bicyclic) bond motifs is 3. The van der Waals surface area contributed by atoms with Gasteiger partial charge in [-0.2, -0.15) is 0 Å². The molecule has 0 saturated heterocycles. The van der Waals surface area contributed by atoms with E-state index in [2.05, 4.69) is 12.1 Å². The highest BCUT2D eigenvalue weighted by Crippen LogP contribution is 2.57. The van der Waals surface area contributed by atoms with Gasteiger partial charge in [-0.1, -0.05) is 23.7 Å². The molecule has 0 radical (unpaired) electrons. The van der Waals surface area contributed by atoms with Gasteiger partial charge in [0, 0.05) is 5.02 Å². The maximum Gasteiger partial charge on any atom is 0.0406 e. The minimum Gasteiger partial charge on any atom is -0.330 e. The Balaban J connectivity index is 1.88. The molecule has 2 heteroatoms. The second-order valence-electron chi connectivity index (χ2n) is 5.99. The van der Waals surface area contributed by atoms with Gasteiger partial charge in [0.05, 0.1) is 0 Å². The first-order chi connectivity index (χ1) is 8.18. The highest BCUT2D eigenvalue weighted by molar-refractivity contribution is 6.30. The topological polar surface area (TPSA) is 26.0 Å². The van der Waals surface area contributed by atoms with Crippen molar-refractivity contribution >= 4 is 11.6 Å². The van der Waals surface area contributed by atoms with Crippen molar-refractivity contribution in [1.29, 1.82) is 0 Å². The van der Waals surface area contributed by atoms with Crippen molar-refractivity contribution in [2.75, 3.05) is 6.54 Å². The molecule has 3 fully saturated rings. The normalized spacial score (nSPS) is 36.1. The Morgan fingerprint density at radius 1 is 0.941 bits per heavy atom. The van der Waals surface area contributed by atoms with Crippen LogP contribution in [0.2, 0.25) is 5.02 Å². The van der Waals surface area contributed by atoms with Crippen molar-refractivity contribution in [3.05, 3.63) is 34.9 Å². The van der Waals surface area contributed by atoms with Gasteiger partial charge in [0.15, 0.2) is 0 Å². The van der Waals surface area contributed by atoms with Crippen molar-refractivity contribution < 1.29 is 0 Å². The third kappa shape index (κ3) is 1.80. The van der Waals surface area contributed by atoms with Gasteiger partial charge in [0.2, 0.25) is 0 Å². The van der Waals surface area contributed by atoms with E-state index in [1.807, 2.05) is 12.1 Å². The second kappa shape index (κ2) is 4.00. The molecule has 0 amide bonds. The molecule has 0 heterocycles. The van der Waals surface area contributed by atoms with Crippen molar-refractivity contribution in [3.8, 4) is 0 Å². The maximum absolute atomic E-state index is 5.98. The lowest BCUT2D eigenvalue weighted by atomic mass is 9.52. The fourth-order valence-electron chi connectivity index (χ4n) is 3.81. The Kier molecular flexibility index (Phi) is 2.72. The number of halogens is 1. The number of rotatable bonds is 2. The van der Waals surface area contributed by atoms with Gasteiger partial charge in [0.1, 0.15) is 0 Å². The van der Waals surface area contributed by atoms with Crippen LogP contribution in [0.4, 0.5) is 0 Å². The van der Waals surface area contributed by atoms with E-state index in [9.17, 15) is 0 Å². The molecule has 3 saturated carbocycles. The summed E-state index contributed by atoms with van der Waals surface area (Å²) in [4.78, 5) is 0. The number of nitrogens with two attached hydrogens (primary N) is 1. The third-order valence-corrected chi connectivity index (χ3v) is 5.54. The minimum absolute atomic E-state index is 0.432. The van der Waals surface area contributed by atoms with E-state index in [0.717, 1.165) is 11.6 Å². The van der Waals surface area contributed by atoms with Gasteiger partial charge < -0.3 is 5.73 Å². The first kappa shape index (κ1) is 11.6. The molecule has 0 aromatic heterocycles. The molecular formula is C15H20ClN. The predicted molar refractivity (Wildman–Crippen MR) is 72.3 cm³/mol. The van der Waals surface area contributed by atoms with Crippen molar-refractivity contribution in [1.82, 2.24) is 0 Å². The zero-order chi connectivity index (χ0) is 11.9. The van der Waals surface area contributed by atoms with Crippen LogP contribution in [-0.4, -0.2) is 6.54 Å². The summed E-state index contributed by atoms with van der Waals surface area (Å²) in [5, 5.41) is 0.841. The molecule has 1 nitrogen and oxygen atoms in total. The van der Waals surface area contributed by atoms with E-state index in [4.69, 9.17) is 17.3 Å². The summed E-state index contributed by atoms with van der Waals surface area (Å²) >= 11 is 5.98. The average Bonchev–Trinajstić information content (AvgIpc) is 2.41. The highest BCUT2D eigenvalue weighted by Gasteiger charge is 2.48. The zero-order valence-corrected chi connectivity index (χ0v) is 11.0. The van der Waals surface area contributed by atoms with Crippen molar-refractivity contribution in [2.45, 2.75) is 43.9 Å². The Hall–Kier alpha value is -0.530. The van der Waals surface area contributed by atoms with E-state index in [-0.39, 0.29) is 0 Å². The summed E-state index contributed by atoms with van der Waals surface area (Å²) in [6, 6.07) is 8.52. The molecule has 0 aliphatic heterocycles. The number of hydrogen-bond donors (Lipinski definition) is 1. The Labute approximate surface area is 108 Å². The smallest absolute Gasteiger partial charge is 0.0406 e. The molecule has 1 aromatic carbocycles. The average molecular weight is 250 g/mol. The molecule has 2 N–H and O–H groups in total. The highest BCUT2D eigenvalue weighted by atomic mass is 35.5. The van der Waals surface area contributed by atoms with Gasteiger partial charge in [-0.25, -0.2) is 0 Å². The summed E-state index contributed by atoms with van der Waals surface area (Å²) in [7, 11) is 0. The summed E-state index contributed by atoms with van der Waals surface area (Å²) < 4.78 is 0. The standard InChI is InChI=1S/C15H20ClN/c16-13-3-1-12(2-4-13)15-8-5-14(11-17,6-9-15)7-10-15/h1-4H,5-11,17H2. The first-order valence-corrected chi connectivity index (χ1v) is 7.02. The van der Waals surface area contributed by atoms with Crippen LogP contribution in [0.15, 0.2) is 24.3 Å². The first-order valence-electron chi connectivity index (χ1n) is 6.64. The van der Waals surface area contributed by atoms with E-state index in [1.165, 1.54) is 44.1 Å². The molecule has 0 spiro atoms. The minimum atomic E-state index is 0.432. The van der Waals surface area contributed by atoms with Crippen LogP contribution in [0.3, 0.4) is 0 Å². The number of hydrogen-bond acceptors (Lipinski definition) is 1. The Morgan fingerprint density at radius 3 is 1.94 bits per heavy atom. The zero-order valence-electron chi connectivity index (χ0n) is 10.2. The van der Waals surface area contributed by atoms with Crippen molar-refractivity contribution in [2.24, 2.45) is 11.1 Å². The summed E-state index contributed by atoms with van der Waals surface area (Å²) in [6.07, 6.45) is 7.87. The van der Waals surface area contributed by atoms with Crippen LogP contribution in [-0.2, 0) is 5.41 Å². The quantitative estimate of drug-likeness (QED) is 0.846. The molecule has 92 valence electrons. The van der Waals surface area contributed by atoms with Crippen LogP contribution < -0.4 is 5.73 Å². The van der Waals surface area contributed by atoms with E-state index < -0.39 is 0 Å². The second-order valence-corrected chi connectivity index (χ2v) is 6.43. The van der Waals surface area contributed by atoms with Crippen LogP contribution in [0, 0.1) is 5.41 Å². The molecule has 1 aromatic rings. The molecule has 0 unspecified atom stereocenters. The monoisotopic (exact) mass is 249 g/mol. The lowest BCUT2D eigenvalue weighted by molar-refractivity contribution is 0.0472. The summed E-state index contributed by atoms with van der Waals surface area (Å²) in [6.45, 7) is 0.879. The van der Waals surface area contributed by atoms with Crippen LogP contribution in [0.5, 0.6) is 0 Å². The molecule has 3 aliphatic rings. The Bertz CT molecular complexity index is 385. The maximum atomic E-state index is 5.98.